The van der Waals surface area contributed by atoms with Crippen LogP contribution in [0.3, 0.4) is 0 Å². The first kappa shape index (κ1) is 7.54. The summed E-state index contributed by atoms with van der Waals surface area (Å²) in [6, 6.07) is 9.05. The highest BCUT2D eigenvalue weighted by molar-refractivity contribution is 7.17. The minimum Gasteiger partial charge on any atom is -0.315 e. The highest BCUT2D eigenvalue weighted by Gasteiger charge is 2.18. The van der Waals surface area contributed by atoms with E-state index in [2.05, 4.69) is 35.0 Å². The third-order valence-corrected chi connectivity index (χ3v) is 3.63. The zero-order valence-corrected chi connectivity index (χ0v) is 8.10. The lowest BCUT2D eigenvalue weighted by atomic mass is 9.93. The van der Waals surface area contributed by atoms with Crippen LogP contribution in [0.15, 0.2) is 29.6 Å². The number of benzene rings is 1. The first-order valence-electron chi connectivity index (χ1n) is 4.61. The van der Waals surface area contributed by atoms with Crippen molar-refractivity contribution in [1.82, 2.24) is 5.32 Å². The Balaban J connectivity index is 2.09. The van der Waals surface area contributed by atoms with E-state index in [-0.39, 0.29) is 0 Å². The molecule has 0 unspecified atom stereocenters. The fourth-order valence-electron chi connectivity index (χ4n) is 1.76. The van der Waals surface area contributed by atoms with Crippen LogP contribution in [0.4, 0.5) is 0 Å². The number of hydrogen-bond acceptors (Lipinski definition) is 2. The van der Waals surface area contributed by atoms with Gasteiger partial charge in [0.2, 0.25) is 0 Å². The van der Waals surface area contributed by atoms with Crippen LogP contribution in [0.25, 0.3) is 10.1 Å². The van der Waals surface area contributed by atoms with Crippen molar-refractivity contribution in [2.24, 2.45) is 0 Å². The van der Waals surface area contributed by atoms with Gasteiger partial charge in [-0.05, 0) is 34.5 Å². The molecule has 66 valence electrons. The predicted molar refractivity (Wildman–Crippen MR) is 57.4 cm³/mol. The minimum absolute atomic E-state index is 0.754. The second-order valence-corrected chi connectivity index (χ2v) is 4.52. The lowest BCUT2D eigenvalue weighted by Gasteiger charge is -2.27. The van der Waals surface area contributed by atoms with Crippen LogP contribution >= 0.6 is 11.3 Å². The Kier molecular flexibility index (Phi) is 1.64. The number of hydrogen-bond donors (Lipinski definition) is 1. The predicted octanol–water partition coefficient (Wildman–Crippen LogP) is 2.59. The second kappa shape index (κ2) is 2.82. The molecular formula is C11H11NS. The molecule has 0 radical (unpaired) electrons. The van der Waals surface area contributed by atoms with Gasteiger partial charge in [-0.2, -0.15) is 0 Å². The van der Waals surface area contributed by atoms with Crippen molar-refractivity contribution in [1.29, 1.82) is 0 Å². The van der Waals surface area contributed by atoms with Crippen molar-refractivity contribution in [3.63, 3.8) is 0 Å². The highest BCUT2D eigenvalue weighted by Crippen LogP contribution is 2.26. The van der Waals surface area contributed by atoms with Crippen LogP contribution in [0.1, 0.15) is 11.5 Å². The molecule has 1 fully saturated rings. The van der Waals surface area contributed by atoms with Gasteiger partial charge in [-0.15, -0.1) is 11.3 Å². The minimum atomic E-state index is 0.754. The zero-order chi connectivity index (χ0) is 8.67. The summed E-state index contributed by atoms with van der Waals surface area (Å²) in [5.41, 5.74) is 1.49. The normalized spacial score (nSPS) is 17.5. The van der Waals surface area contributed by atoms with Gasteiger partial charge < -0.3 is 5.32 Å². The largest absolute Gasteiger partial charge is 0.315 e. The average Bonchev–Trinajstić information content (AvgIpc) is 2.47. The molecule has 2 aromatic rings. The summed E-state index contributed by atoms with van der Waals surface area (Å²) in [7, 11) is 0. The van der Waals surface area contributed by atoms with E-state index in [1.807, 2.05) is 11.3 Å². The molecule has 3 rings (SSSR count). The molecule has 0 atom stereocenters. The summed E-state index contributed by atoms with van der Waals surface area (Å²) in [6.45, 7) is 2.30. The third kappa shape index (κ3) is 1.18. The van der Waals surface area contributed by atoms with E-state index in [1.165, 1.54) is 15.6 Å². The van der Waals surface area contributed by atoms with Crippen LogP contribution in [0.5, 0.6) is 0 Å². The van der Waals surface area contributed by atoms with Gasteiger partial charge in [-0.1, -0.05) is 6.07 Å². The second-order valence-electron chi connectivity index (χ2n) is 3.57. The van der Waals surface area contributed by atoms with Crippen molar-refractivity contribution < 1.29 is 0 Å². The smallest absolute Gasteiger partial charge is 0.0342 e. The number of thiophene rings is 1. The van der Waals surface area contributed by atoms with E-state index in [9.17, 15) is 0 Å². The molecule has 2 heterocycles. The van der Waals surface area contributed by atoms with E-state index < -0.39 is 0 Å². The third-order valence-electron chi connectivity index (χ3n) is 2.73. The Bertz CT molecular complexity index is 428. The van der Waals surface area contributed by atoms with Gasteiger partial charge in [-0.25, -0.2) is 0 Å². The molecule has 1 N–H and O–H groups in total. The molecule has 0 saturated carbocycles. The van der Waals surface area contributed by atoms with Crippen molar-refractivity contribution in [2.75, 3.05) is 13.1 Å². The molecule has 0 aliphatic carbocycles. The average molecular weight is 189 g/mol. The molecule has 1 aliphatic rings. The summed E-state index contributed by atoms with van der Waals surface area (Å²) in [6.07, 6.45) is 0. The summed E-state index contributed by atoms with van der Waals surface area (Å²) in [4.78, 5) is 0. The van der Waals surface area contributed by atoms with Gasteiger partial charge in [0.15, 0.2) is 0 Å². The summed E-state index contributed by atoms with van der Waals surface area (Å²) >= 11 is 1.82. The highest BCUT2D eigenvalue weighted by atomic mass is 32.1. The van der Waals surface area contributed by atoms with Gasteiger partial charge >= 0.3 is 0 Å². The standard InChI is InChI=1S/C11H11NS/c1-2-11-9(3-4-13-11)5-8(1)10-6-12-7-10/h1-5,10,12H,6-7H2. The fraction of sp³-hybridized carbons (Fsp3) is 0.273. The Morgan fingerprint density at radius 1 is 1.23 bits per heavy atom. The monoisotopic (exact) mass is 189 g/mol. The van der Waals surface area contributed by atoms with Crippen LogP contribution in [-0.4, -0.2) is 13.1 Å². The van der Waals surface area contributed by atoms with Gasteiger partial charge in [0.05, 0.1) is 0 Å². The van der Waals surface area contributed by atoms with Crippen LogP contribution in [0, 0.1) is 0 Å². The van der Waals surface area contributed by atoms with E-state index in [0.29, 0.717) is 0 Å². The Morgan fingerprint density at radius 3 is 2.92 bits per heavy atom. The molecule has 0 bridgehead atoms. The molecule has 1 aromatic heterocycles. The maximum Gasteiger partial charge on any atom is 0.0342 e. The van der Waals surface area contributed by atoms with E-state index in [1.54, 1.807) is 0 Å². The van der Waals surface area contributed by atoms with Crippen LogP contribution in [-0.2, 0) is 0 Å². The van der Waals surface area contributed by atoms with E-state index >= 15 is 0 Å². The van der Waals surface area contributed by atoms with Gasteiger partial charge in [-0.3, -0.25) is 0 Å². The van der Waals surface area contributed by atoms with E-state index in [0.717, 1.165) is 19.0 Å². The topological polar surface area (TPSA) is 12.0 Å². The SMILES string of the molecule is c1cc2cc(C3CNC3)ccc2s1. The van der Waals surface area contributed by atoms with Gasteiger partial charge in [0, 0.05) is 23.7 Å². The van der Waals surface area contributed by atoms with Crippen molar-refractivity contribution in [3.05, 3.63) is 35.2 Å². The molecule has 0 amide bonds. The molecule has 1 aromatic carbocycles. The molecule has 1 nitrogen and oxygen atoms in total. The summed E-state index contributed by atoms with van der Waals surface area (Å²) < 4.78 is 1.40. The maximum absolute atomic E-state index is 3.30. The van der Waals surface area contributed by atoms with Crippen molar-refractivity contribution >= 4 is 21.4 Å². The summed E-state index contributed by atoms with van der Waals surface area (Å²) in [5.74, 6) is 0.754. The number of fused-ring (bicyclic) bond motifs is 1. The van der Waals surface area contributed by atoms with E-state index in [4.69, 9.17) is 0 Å². The number of nitrogens with one attached hydrogen (secondary N) is 1. The zero-order valence-electron chi connectivity index (χ0n) is 7.29. The maximum atomic E-state index is 3.30. The van der Waals surface area contributed by atoms with Crippen molar-refractivity contribution in [3.8, 4) is 0 Å². The Hall–Kier alpha value is -0.860. The quantitative estimate of drug-likeness (QED) is 0.727. The summed E-state index contributed by atoms with van der Waals surface area (Å²) in [5, 5.41) is 6.86. The Labute approximate surface area is 81.4 Å². The lowest BCUT2D eigenvalue weighted by Crippen LogP contribution is -2.39. The number of rotatable bonds is 1. The molecular weight excluding hydrogens is 178 g/mol. The first-order valence-corrected chi connectivity index (χ1v) is 5.49. The Morgan fingerprint density at radius 2 is 2.15 bits per heavy atom. The molecule has 0 spiro atoms. The van der Waals surface area contributed by atoms with Crippen LogP contribution < -0.4 is 5.32 Å². The van der Waals surface area contributed by atoms with Crippen LogP contribution in [0.2, 0.25) is 0 Å². The fourth-order valence-corrected chi connectivity index (χ4v) is 2.53. The first-order chi connectivity index (χ1) is 6.43. The van der Waals surface area contributed by atoms with Crippen molar-refractivity contribution in [2.45, 2.75) is 5.92 Å². The molecule has 2 heteroatoms. The lowest BCUT2D eigenvalue weighted by molar-refractivity contribution is 0.449. The molecule has 1 aliphatic heterocycles. The van der Waals surface area contributed by atoms with Gasteiger partial charge in [0.25, 0.3) is 0 Å². The molecule has 13 heavy (non-hydrogen) atoms. The molecule has 1 saturated heterocycles. The van der Waals surface area contributed by atoms with Gasteiger partial charge in [0.1, 0.15) is 0 Å².